The molecule has 0 aromatic carbocycles. The first-order valence-corrected chi connectivity index (χ1v) is 7.95. The molecule has 0 heterocycles. The second kappa shape index (κ2) is 7.22. The van der Waals surface area contributed by atoms with Crippen LogP contribution in [0.2, 0.25) is 0 Å². The molecule has 3 N–H and O–H groups in total. The number of hydrogen-bond acceptors (Lipinski definition) is 4. The van der Waals surface area contributed by atoms with Crippen LogP contribution >= 0.6 is 0 Å². The minimum Gasteiger partial charge on any atom is -0.352 e. The van der Waals surface area contributed by atoms with Gasteiger partial charge in [0.1, 0.15) is 0 Å². The maximum Gasteiger partial charge on any atom is 0.239 e. The van der Waals surface area contributed by atoms with Gasteiger partial charge in [-0.25, -0.2) is 0 Å². The van der Waals surface area contributed by atoms with Crippen molar-refractivity contribution in [2.45, 2.75) is 44.2 Å². The van der Waals surface area contributed by atoms with E-state index in [1.807, 2.05) is 7.05 Å². The first-order chi connectivity index (χ1) is 10.0. The number of amides is 2. The summed E-state index contributed by atoms with van der Waals surface area (Å²) in [5.74, 6) is 0.425. The minimum atomic E-state index is -0.0586. The second-order valence-electron chi connectivity index (χ2n) is 6.50. The van der Waals surface area contributed by atoms with Crippen LogP contribution in [0.5, 0.6) is 0 Å². The van der Waals surface area contributed by atoms with Gasteiger partial charge in [0, 0.05) is 19.1 Å². The second-order valence-corrected chi connectivity index (χ2v) is 6.50. The van der Waals surface area contributed by atoms with E-state index in [4.69, 9.17) is 5.73 Å². The van der Waals surface area contributed by atoms with E-state index in [9.17, 15) is 9.59 Å². The van der Waals surface area contributed by atoms with Gasteiger partial charge in [0.2, 0.25) is 11.8 Å². The molecule has 2 fully saturated rings. The van der Waals surface area contributed by atoms with E-state index in [0.717, 1.165) is 25.7 Å². The fraction of sp³-hybridized carbons (Fsp3) is 0.867. The number of nitrogens with zero attached hydrogens (tertiary/aromatic N) is 2. The molecule has 2 rings (SSSR count). The maximum absolute atomic E-state index is 12.2. The molecule has 0 bridgehead atoms. The summed E-state index contributed by atoms with van der Waals surface area (Å²) in [6, 6.07) is 0.736. The van der Waals surface area contributed by atoms with Crippen LogP contribution < -0.4 is 11.1 Å². The van der Waals surface area contributed by atoms with Gasteiger partial charge in [-0.1, -0.05) is 6.42 Å². The predicted molar refractivity (Wildman–Crippen MR) is 81.6 cm³/mol. The highest BCUT2D eigenvalue weighted by Crippen LogP contribution is 2.28. The lowest BCUT2D eigenvalue weighted by atomic mass is 10.0. The Morgan fingerprint density at radius 3 is 2.48 bits per heavy atom. The minimum absolute atomic E-state index is 0.00822. The van der Waals surface area contributed by atoms with Crippen molar-refractivity contribution >= 4 is 11.8 Å². The predicted octanol–water partition coefficient (Wildman–Crippen LogP) is -0.217. The van der Waals surface area contributed by atoms with Crippen molar-refractivity contribution in [3.05, 3.63) is 0 Å². The Labute approximate surface area is 127 Å². The van der Waals surface area contributed by atoms with E-state index in [2.05, 4.69) is 10.2 Å². The van der Waals surface area contributed by atoms with Gasteiger partial charge in [-0.3, -0.25) is 14.5 Å². The van der Waals surface area contributed by atoms with Crippen LogP contribution in [0, 0.1) is 5.92 Å². The van der Waals surface area contributed by atoms with Crippen molar-refractivity contribution in [2.24, 2.45) is 11.7 Å². The molecule has 2 aliphatic rings. The van der Waals surface area contributed by atoms with Crippen molar-refractivity contribution in [1.29, 1.82) is 0 Å². The molecule has 21 heavy (non-hydrogen) atoms. The van der Waals surface area contributed by atoms with Crippen molar-refractivity contribution in [1.82, 2.24) is 15.1 Å². The van der Waals surface area contributed by atoms with Crippen molar-refractivity contribution in [3.8, 4) is 0 Å². The molecule has 2 aliphatic carbocycles. The first-order valence-electron chi connectivity index (χ1n) is 7.95. The van der Waals surface area contributed by atoms with Gasteiger partial charge in [0.05, 0.1) is 13.1 Å². The van der Waals surface area contributed by atoms with Crippen LogP contribution in [0.3, 0.4) is 0 Å². The number of carbonyl (C=O) groups excluding carboxylic acids is 2. The molecule has 0 radical (unpaired) electrons. The van der Waals surface area contributed by atoms with E-state index in [0.29, 0.717) is 31.1 Å². The van der Waals surface area contributed by atoms with E-state index in [1.54, 1.807) is 7.05 Å². The van der Waals surface area contributed by atoms with Crippen LogP contribution in [0.4, 0.5) is 0 Å². The molecular weight excluding hydrogens is 268 g/mol. The topological polar surface area (TPSA) is 78.7 Å². The van der Waals surface area contributed by atoms with Gasteiger partial charge < -0.3 is 16.0 Å². The molecule has 120 valence electrons. The number of carbonyl (C=O) groups is 2. The van der Waals surface area contributed by atoms with Crippen LogP contribution in [0.15, 0.2) is 0 Å². The molecule has 0 spiro atoms. The van der Waals surface area contributed by atoms with E-state index >= 15 is 0 Å². The van der Waals surface area contributed by atoms with E-state index < -0.39 is 0 Å². The van der Waals surface area contributed by atoms with Gasteiger partial charge in [-0.05, 0) is 45.2 Å². The van der Waals surface area contributed by atoms with Gasteiger partial charge in [0.15, 0.2) is 0 Å². The largest absolute Gasteiger partial charge is 0.352 e. The van der Waals surface area contributed by atoms with E-state index in [1.165, 1.54) is 11.3 Å². The summed E-state index contributed by atoms with van der Waals surface area (Å²) in [6.45, 7) is 1.19. The van der Waals surface area contributed by atoms with Crippen molar-refractivity contribution in [3.63, 3.8) is 0 Å². The monoisotopic (exact) mass is 296 g/mol. The molecule has 0 aromatic rings. The highest BCUT2D eigenvalue weighted by molar-refractivity contribution is 5.85. The Balaban J connectivity index is 1.75. The summed E-state index contributed by atoms with van der Waals surface area (Å²) in [5.41, 5.74) is 5.80. The van der Waals surface area contributed by atoms with Crippen LogP contribution in [0.1, 0.15) is 32.1 Å². The SMILES string of the molecule is CN(CC(=O)NC1CC1)C(=O)CN(C)C1CCCC1CN. The Morgan fingerprint density at radius 1 is 1.14 bits per heavy atom. The van der Waals surface area contributed by atoms with Crippen molar-refractivity contribution < 1.29 is 9.59 Å². The summed E-state index contributed by atoms with van der Waals surface area (Å²) in [7, 11) is 3.67. The Kier molecular flexibility index (Phi) is 5.58. The van der Waals surface area contributed by atoms with Crippen LogP contribution in [-0.4, -0.2) is 67.4 Å². The molecule has 2 saturated carbocycles. The molecule has 2 atom stereocenters. The average Bonchev–Trinajstić information content (AvgIpc) is 3.11. The fourth-order valence-electron chi connectivity index (χ4n) is 3.13. The zero-order chi connectivity index (χ0) is 15.4. The Bertz CT molecular complexity index is 384. The number of nitrogens with two attached hydrogens (primary N) is 1. The fourth-order valence-corrected chi connectivity index (χ4v) is 3.13. The summed E-state index contributed by atoms with van der Waals surface area (Å²) in [6.07, 6.45) is 5.57. The lowest BCUT2D eigenvalue weighted by Gasteiger charge is -2.30. The average molecular weight is 296 g/mol. The lowest BCUT2D eigenvalue weighted by Crippen LogP contribution is -2.46. The molecule has 0 saturated heterocycles. The Morgan fingerprint density at radius 2 is 1.86 bits per heavy atom. The molecule has 6 nitrogen and oxygen atoms in total. The number of rotatable bonds is 7. The number of nitrogens with one attached hydrogen (secondary N) is 1. The molecule has 0 aromatic heterocycles. The summed E-state index contributed by atoms with van der Waals surface area (Å²) < 4.78 is 0. The summed E-state index contributed by atoms with van der Waals surface area (Å²) >= 11 is 0. The van der Waals surface area contributed by atoms with Gasteiger partial charge in [-0.15, -0.1) is 0 Å². The highest BCUT2D eigenvalue weighted by Gasteiger charge is 2.31. The molecule has 2 amide bonds. The van der Waals surface area contributed by atoms with Gasteiger partial charge in [0.25, 0.3) is 0 Å². The highest BCUT2D eigenvalue weighted by atomic mass is 16.2. The molecular formula is C15H28N4O2. The standard InChI is InChI=1S/C15H28N4O2/c1-18(13-5-3-4-11(13)8-16)10-15(21)19(2)9-14(20)17-12-6-7-12/h11-13H,3-10,16H2,1-2H3,(H,17,20). The third-order valence-electron chi connectivity index (χ3n) is 4.62. The van der Waals surface area contributed by atoms with Crippen molar-refractivity contribution in [2.75, 3.05) is 33.7 Å². The zero-order valence-corrected chi connectivity index (χ0v) is 13.2. The molecule has 6 heteroatoms. The third kappa shape index (κ3) is 4.68. The molecule has 2 unspecified atom stereocenters. The smallest absolute Gasteiger partial charge is 0.239 e. The Hall–Kier alpha value is -1.14. The lowest BCUT2D eigenvalue weighted by molar-refractivity contribution is -0.135. The zero-order valence-electron chi connectivity index (χ0n) is 13.2. The summed E-state index contributed by atoms with van der Waals surface area (Å²) in [5, 5.41) is 2.90. The number of hydrogen-bond donors (Lipinski definition) is 2. The molecule has 0 aliphatic heterocycles. The quantitative estimate of drug-likeness (QED) is 0.681. The van der Waals surface area contributed by atoms with Crippen LogP contribution in [0.25, 0.3) is 0 Å². The normalized spacial score (nSPS) is 25.1. The van der Waals surface area contributed by atoms with Crippen LogP contribution in [-0.2, 0) is 9.59 Å². The first kappa shape index (κ1) is 16.2. The van der Waals surface area contributed by atoms with Gasteiger partial charge >= 0.3 is 0 Å². The maximum atomic E-state index is 12.2. The third-order valence-corrected chi connectivity index (χ3v) is 4.62. The number of likely N-dealkylation sites (N-methyl/N-ethyl adjacent to an activating group) is 2. The summed E-state index contributed by atoms with van der Waals surface area (Å²) in [4.78, 5) is 27.5. The van der Waals surface area contributed by atoms with E-state index in [-0.39, 0.29) is 18.4 Å². The van der Waals surface area contributed by atoms with Gasteiger partial charge in [-0.2, -0.15) is 0 Å².